The third-order valence-corrected chi connectivity index (χ3v) is 5.98. The van der Waals surface area contributed by atoms with Gasteiger partial charge in [-0.2, -0.15) is 0 Å². The van der Waals surface area contributed by atoms with E-state index in [0.29, 0.717) is 13.2 Å². The minimum atomic E-state index is 0.470. The third-order valence-electron chi connectivity index (χ3n) is 5.98. The summed E-state index contributed by atoms with van der Waals surface area (Å²) in [4.78, 5) is 13.2. The maximum Gasteiger partial charge on any atom is 0.138 e. The molecule has 3 aromatic carbocycles. The highest BCUT2D eigenvalue weighted by Gasteiger charge is 2.11. The summed E-state index contributed by atoms with van der Waals surface area (Å²) < 4.78 is 27.0. The number of aromatic nitrogens is 1. The molecule has 0 aliphatic carbocycles. The van der Waals surface area contributed by atoms with E-state index in [-0.39, 0.29) is 0 Å². The predicted octanol–water partition coefficient (Wildman–Crippen LogP) is 9.71. The Labute approximate surface area is 271 Å². The van der Waals surface area contributed by atoms with Crippen LogP contribution in [0, 0.1) is 6.92 Å². The van der Waals surface area contributed by atoms with Crippen molar-refractivity contribution in [3.8, 4) is 23.0 Å². The first kappa shape index (κ1) is 40.8. The maximum atomic E-state index is 8.81. The van der Waals surface area contributed by atoms with E-state index in [0.717, 1.165) is 64.2 Å². The van der Waals surface area contributed by atoms with Gasteiger partial charge in [0.15, 0.2) is 0 Å². The lowest BCUT2D eigenvalue weighted by Gasteiger charge is -2.13. The second-order valence-corrected chi connectivity index (χ2v) is 9.20. The number of pyridine rings is 1. The van der Waals surface area contributed by atoms with Crippen molar-refractivity contribution in [3.05, 3.63) is 102 Å². The first-order valence-corrected chi connectivity index (χ1v) is 15.2. The summed E-state index contributed by atoms with van der Waals surface area (Å²) in [7, 11) is 6.70. The SMILES string of the molecule is C=CCC.CC.CC=O.CCc1ccc(COC)cc1OC.COCc1cc2c(Oc3ccc(C)cc3)ccnc2cc1OC. The number of hydrogen-bond donors (Lipinski definition) is 0. The second kappa shape index (κ2) is 25.2. The van der Waals surface area contributed by atoms with E-state index in [4.69, 9.17) is 28.5 Å². The Balaban J connectivity index is 0.000000742. The van der Waals surface area contributed by atoms with Crippen molar-refractivity contribution < 1.29 is 28.5 Å². The Morgan fingerprint density at radius 2 is 1.36 bits per heavy atom. The van der Waals surface area contributed by atoms with Gasteiger partial charge in [0.2, 0.25) is 0 Å². The molecule has 0 fully saturated rings. The average Bonchev–Trinajstić information content (AvgIpc) is 3.07. The number of hydrogen-bond acceptors (Lipinski definition) is 7. The summed E-state index contributed by atoms with van der Waals surface area (Å²) in [6.45, 7) is 16.3. The molecule has 246 valence electrons. The molecular formula is C38H53NO6. The minimum Gasteiger partial charge on any atom is -0.496 e. The molecule has 0 bridgehead atoms. The summed E-state index contributed by atoms with van der Waals surface area (Å²) in [5.74, 6) is 3.28. The van der Waals surface area contributed by atoms with Crippen molar-refractivity contribution in [3.63, 3.8) is 0 Å². The number of rotatable bonds is 10. The van der Waals surface area contributed by atoms with Gasteiger partial charge >= 0.3 is 0 Å². The summed E-state index contributed by atoms with van der Waals surface area (Å²) >= 11 is 0. The van der Waals surface area contributed by atoms with Crippen LogP contribution >= 0.6 is 0 Å². The Morgan fingerprint density at radius 1 is 0.778 bits per heavy atom. The first-order chi connectivity index (χ1) is 21.8. The van der Waals surface area contributed by atoms with Gasteiger partial charge in [0.05, 0.1) is 33.0 Å². The molecule has 0 atom stereocenters. The largest absolute Gasteiger partial charge is 0.496 e. The summed E-state index contributed by atoms with van der Waals surface area (Å²) in [6, 6.07) is 19.9. The zero-order valence-electron chi connectivity index (χ0n) is 28.9. The predicted molar refractivity (Wildman–Crippen MR) is 187 cm³/mol. The van der Waals surface area contributed by atoms with E-state index in [1.807, 2.05) is 68.5 Å². The van der Waals surface area contributed by atoms with Gasteiger partial charge in [0.1, 0.15) is 29.3 Å². The molecule has 7 nitrogen and oxygen atoms in total. The van der Waals surface area contributed by atoms with Gasteiger partial charge in [-0.3, -0.25) is 4.98 Å². The lowest BCUT2D eigenvalue weighted by atomic mass is 10.1. The molecule has 0 saturated carbocycles. The van der Waals surface area contributed by atoms with E-state index in [9.17, 15) is 0 Å². The summed E-state index contributed by atoms with van der Waals surface area (Å²) in [5, 5.41) is 0.931. The Bertz CT molecular complexity index is 1370. The van der Waals surface area contributed by atoms with E-state index < -0.39 is 0 Å². The molecular weight excluding hydrogens is 566 g/mol. The third kappa shape index (κ3) is 14.9. The molecule has 0 radical (unpaired) electrons. The molecule has 4 rings (SSSR count). The van der Waals surface area contributed by atoms with Crippen molar-refractivity contribution >= 4 is 17.2 Å². The van der Waals surface area contributed by atoms with Gasteiger partial charge in [-0.15, -0.1) is 6.58 Å². The lowest BCUT2D eigenvalue weighted by Crippen LogP contribution is -1.96. The van der Waals surface area contributed by atoms with Crippen LogP contribution in [0.3, 0.4) is 0 Å². The van der Waals surface area contributed by atoms with Crippen molar-refractivity contribution in [1.82, 2.24) is 4.98 Å². The highest BCUT2D eigenvalue weighted by molar-refractivity contribution is 5.87. The number of fused-ring (bicyclic) bond motifs is 1. The van der Waals surface area contributed by atoms with E-state index in [1.165, 1.54) is 18.1 Å². The zero-order valence-corrected chi connectivity index (χ0v) is 28.9. The van der Waals surface area contributed by atoms with E-state index in [1.54, 1.807) is 34.6 Å². The molecule has 0 saturated heterocycles. The van der Waals surface area contributed by atoms with Crippen LogP contribution in [0.2, 0.25) is 0 Å². The first-order valence-electron chi connectivity index (χ1n) is 15.2. The molecule has 7 heteroatoms. The average molecular weight is 620 g/mol. The monoisotopic (exact) mass is 619 g/mol. The van der Waals surface area contributed by atoms with Gasteiger partial charge in [-0.25, -0.2) is 0 Å². The standard InChI is InChI=1S/C19H19NO3.C11H16O2.C4H8.C2H4O.C2H6/c1-13-4-6-15(7-5-13)23-18-8-9-20-17-11-19(22-3)14(12-21-2)10-16(17)18;1-4-10-6-5-9(8-12-2)7-11(10)13-3;1-3-4-2;1-2-3;1-2/h4-11H,12H2,1-3H3;5-7H,4,8H2,1-3H3;3H,1,4H2,2H3;2H,1H3;1-2H3. The summed E-state index contributed by atoms with van der Waals surface area (Å²) in [6.07, 6.45) is 6.44. The maximum absolute atomic E-state index is 8.81. The van der Waals surface area contributed by atoms with Gasteiger partial charge in [-0.05, 0) is 68.1 Å². The molecule has 45 heavy (non-hydrogen) atoms. The Hall–Kier alpha value is -4.20. The molecule has 0 spiro atoms. The van der Waals surface area contributed by atoms with Crippen LogP contribution in [0.5, 0.6) is 23.0 Å². The van der Waals surface area contributed by atoms with Crippen LogP contribution < -0.4 is 14.2 Å². The molecule has 0 aliphatic rings. The lowest BCUT2D eigenvalue weighted by molar-refractivity contribution is -0.106. The van der Waals surface area contributed by atoms with Crippen LogP contribution in [-0.4, -0.2) is 39.7 Å². The fourth-order valence-corrected chi connectivity index (χ4v) is 3.81. The smallest absolute Gasteiger partial charge is 0.138 e. The van der Waals surface area contributed by atoms with Gasteiger partial charge in [0.25, 0.3) is 0 Å². The molecule has 0 amide bonds. The number of nitrogens with zero attached hydrogens (tertiary/aromatic N) is 1. The highest BCUT2D eigenvalue weighted by Crippen LogP contribution is 2.33. The number of aryl methyl sites for hydroxylation is 2. The quantitative estimate of drug-likeness (QED) is 0.129. The van der Waals surface area contributed by atoms with Crippen molar-refractivity contribution in [2.24, 2.45) is 0 Å². The number of benzene rings is 3. The number of ether oxygens (including phenoxy) is 5. The minimum absolute atomic E-state index is 0.470. The van der Waals surface area contributed by atoms with Gasteiger partial charge in [0, 0.05) is 37.4 Å². The fourth-order valence-electron chi connectivity index (χ4n) is 3.81. The van der Waals surface area contributed by atoms with Crippen molar-refractivity contribution in [2.45, 2.75) is 67.6 Å². The zero-order chi connectivity index (χ0) is 34.0. The molecule has 0 aliphatic heterocycles. The van der Waals surface area contributed by atoms with Crippen molar-refractivity contribution in [1.29, 1.82) is 0 Å². The molecule has 1 heterocycles. The van der Waals surface area contributed by atoms with Crippen LogP contribution in [0.1, 0.15) is 63.3 Å². The van der Waals surface area contributed by atoms with Crippen LogP contribution in [0.15, 0.2) is 79.5 Å². The summed E-state index contributed by atoms with van der Waals surface area (Å²) in [5.41, 5.74) is 5.37. The van der Waals surface area contributed by atoms with Crippen LogP contribution in [0.4, 0.5) is 0 Å². The topological polar surface area (TPSA) is 76.1 Å². The number of allylic oxidation sites excluding steroid dienone is 1. The normalized spacial score (nSPS) is 9.38. The van der Waals surface area contributed by atoms with Gasteiger partial charge in [-0.1, -0.05) is 63.6 Å². The van der Waals surface area contributed by atoms with Crippen LogP contribution in [0.25, 0.3) is 10.9 Å². The van der Waals surface area contributed by atoms with E-state index in [2.05, 4.69) is 44.5 Å². The number of aldehydes is 1. The van der Waals surface area contributed by atoms with Crippen LogP contribution in [-0.2, 0) is 33.9 Å². The Morgan fingerprint density at radius 3 is 1.87 bits per heavy atom. The number of methoxy groups -OCH3 is 4. The molecule has 4 aromatic rings. The van der Waals surface area contributed by atoms with Crippen molar-refractivity contribution in [2.75, 3.05) is 28.4 Å². The number of carbonyl (C=O) groups excluding carboxylic acids is 1. The molecule has 1 aromatic heterocycles. The second-order valence-electron chi connectivity index (χ2n) is 9.20. The highest BCUT2D eigenvalue weighted by atomic mass is 16.5. The Kier molecular flexibility index (Phi) is 22.8. The van der Waals surface area contributed by atoms with Gasteiger partial charge < -0.3 is 28.5 Å². The van der Waals surface area contributed by atoms with E-state index >= 15 is 0 Å². The molecule has 0 unspecified atom stereocenters. The number of carbonyl (C=O) groups is 1. The fraction of sp³-hybridized carbons (Fsp3) is 0.368. The molecule has 0 N–H and O–H groups in total.